The molecule has 2 unspecified atom stereocenters. The van der Waals surface area contributed by atoms with Gasteiger partial charge < -0.3 is 48.0 Å². The third kappa shape index (κ3) is 15.1. The van der Waals surface area contributed by atoms with Gasteiger partial charge >= 0.3 is 6.09 Å². The number of aliphatic hydroxyl groups excluding tert-OH is 1. The van der Waals surface area contributed by atoms with E-state index in [1.165, 1.54) is 5.56 Å². The van der Waals surface area contributed by atoms with Gasteiger partial charge in [0.25, 0.3) is 5.09 Å². The van der Waals surface area contributed by atoms with Gasteiger partial charge in [-0.2, -0.15) is 0 Å². The first-order valence-electron chi connectivity index (χ1n) is 18.9. The topological polar surface area (TPSA) is 158 Å². The summed E-state index contributed by atoms with van der Waals surface area (Å²) in [5.74, 6) is 3.93. The Kier molecular flexibility index (Phi) is 18.7. The zero-order chi connectivity index (χ0) is 40.8. The number of para-hydroxylation sites is 1. The lowest BCUT2D eigenvalue weighted by molar-refractivity contribution is -0.763. The molecule has 14 nitrogen and oxygen atoms in total. The van der Waals surface area contributed by atoms with Gasteiger partial charge in [0.1, 0.15) is 35.4 Å². The van der Waals surface area contributed by atoms with Gasteiger partial charge in [0.15, 0.2) is 0 Å². The molecule has 1 amide bonds. The minimum absolute atomic E-state index is 0.0222. The summed E-state index contributed by atoms with van der Waals surface area (Å²) in [6, 6.07) is 27.9. The number of carbonyl (C=O) groups excluding carboxylic acids is 1. The standard InChI is InChI=1S/C31H36N2O8.C12H18O4/c1-23-20-32(31(34)41-28-9-5-7-24(19-28)21-40-33(35)36)16-15-29(23)25-11-13-27(14-12-25)39-18-6-17-38-22-26-8-3-4-10-30(26)37-2;1-14-4-3-5-16-12-7-10(9-13)6-11(8-12)15-2/h3-5,7-14,19,23,29H,6,15-18,20-22H2,1-2H3;6-8,13H,3-5,9H2,1-2H3. The molecule has 0 radical (unpaired) electrons. The Morgan fingerprint density at radius 1 is 0.789 bits per heavy atom. The number of aliphatic hydroxyl groups is 1. The first-order chi connectivity index (χ1) is 27.7. The van der Waals surface area contributed by atoms with Crippen molar-refractivity contribution in [3.8, 4) is 28.7 Å². The number of amides is 1. The first kappa shape index (κ1) is 44.1. The number of rotatable bonds is 20. The second-order valence-electron chi connectivity index (χ2n) is 13.3. The number of benzene rings is 4. The highest BCUT2D eigenvalue weighted by Gasteiger charge is 2.30. The Morgan fingerprint density at radius 2 is 1.51 bits per heavy atom. The lowest BCUT2D eigenvalue weighted by atomic mass is 9.82. The smallest absolute Gasteiger partial charge is 0.415 e. The average molecular weight is 791 g/mol. The highest BCUT2D eigenvalue weighted by Crippen LogP contribution is 2.34. The van der Waals surface area contributed by atoms with E-state index in [0.717, 1.165) is 41.9 Å². The van der Waals surface area contributed by atoms with Crippen molar-refractivity contribution in [3.63, 3.8) is 0 Å². The van der Waals surface area contributed by atoms with Gasteiger partial charge in [-0.25, -0.2) is 4.79 Å². The molecule has 1 N–H and O–H groups in total. The Bertz CT molecular complexity index is 1780. The number of methoxy groups -OCH3 is 3. The monoisotopic (exact) mass is 790 g/mol. The molecule has 1 heterocycles. The lowest BCUT2D eigenvalue weighted by Gasteiger charge is -2.36. The van der Waals surface area contributed by atoms with Crippen LogP contribution in [0.25, 0.3) is 0 Å². The Hall–Kier alpha value is -5.57. The molecular weight excluding hydrogens is 736 g/mol. The Labute approximate surface area is 334 Å². The summed E-state index contributed by atoms with van der Waals surface area (Å²) in [7, 11) is 4.91. The van der Waals surface area contributed by atoms with E-state index in [2.05, 4.69) is 23.9 Å². The number of nitrogens with zero attached hydrogens (tertiary/aromatic N) is 2. The van der Waals surface area contributed by atoms with Crippen LogP contribution in [-0.2, 0) is 34.1 Å². The summed E-state index contributed by atoms with van der Waals surface area (Å²) in [5, 5.41) is 18.6. The molecule has 0 spiro atoms. The number of piperidine rings is 1. The van der Waals surface area contributed by atoms with Crippen LogP contribution in [0.2, 0.25) is 0 Å². The van der Waals surface area contributed by atoms with Gasteiger partial charge in [-0.15, -0.1) is 10.1 Å². The van der Waals surface area contributed by atoms with Gasteiger partial charge in [0.05, 0.1) is 47.3 Å². The minimum Gasteiger partial charge on any atom is -0.497 e. The number of carbonyl (C=O) groups is 1. The Balaban J connectivity index is 0.000000377. The zero-order valence-corrected chi connectivity index (χ0v) is 33.1. The Morgan fingerprint density at radius 3 is 2.21 bits per heavy atom. The summed E-state index contributed by atoms with van der Waals surface area (Å²) in [6.07, 6.45) is 2.00. The summed E-state index contributed by atoms with van der Waals surface area (Å²) < 4.78 is 38.1. The van der Waals surface area contributed by atoms with Crippen molar-refractivity contribution in [1.82, 2.24) is 4.90 Å². The van der Waals surface area contributed by atoms with Crippen LogP contribution in [0.15, 0.2) is 91.0 Å². The van der Waals surface area contributed by atoms with Crippen LogP contribution in [0.3, 0.4) is 0 Å². The first-order valence-corrected chi connectivity index (χ1v) is 18.9. The van der Waals surface area contributed by atoms with E-state index >= 15 is 0 Å². The molecule has 308 valence electrons. The van der Waals surface area contributed by atoms with E-state index in [9.17, 15) is 14.9 Å². The molecule has 1 aliphatic rings. The number of likely N-dealkylation sites (tertiary alicyclic amines) is 1. The van der Waals surface area contributed by atoms with E-state index < -0.39 is 11.2 Å². The zero-order valence-electron chi connectivity index (χ0n) is 33.1. The third-order valence-corrected chi connectivity index (χ3v) is 9.18. The highest BCUT2D eigenvalue weighted by molar-refractivity contribution is 5.71. The maximum atomic E-state index is 12.8. The fourth-order valence-electron chi connectivity index (χ4n) is 6.28. The lowest BCUT2D eigenvalue weighted by Crippen LogP contribution is -2.43. The number of hydrogen-bond acceptors (Lipinski definition) is 12. The summed E-state index contributed by atoms with van der Waals surface area (Å²) in [6.45, 7) is 5.98. The van der Waals surface area contributed by atoms with E-state index in [4.69, 9.17) is 38.3 Å². The van der Waals surface area contributed by atoms with Crippen molar-refractivity contribution < 1.29 is 53.0 Å². The molecule has 0 saturated carbocycles. The van der Waals surface area contributed by atoms with Crippen LogP contribution in [-0.4, -0.2) is 82.0 Å². The highest BCUT2D eigenvalue weighted by atomic mass is 16.9. The molecule has 0 aliphatic carbocycles. The normalized spacial score (nSPS) is 14.8. The van der Waals surface area contributed by atoms with Gasteiger partial charge in [0.2, 0.25) is 0 Å². The molecule has 2 atom stereocenters. The molecule has 4 aromatic carbocycles. The number of ether oxygens (including phenoxy) is 7. The van der Waals surface area contributed by atoms with Crippen LogP contribution in [0.4, 0.5) is 4.79 Å². The molecule has 5 rings (SSSR count). The minimum atomic E-state index is -0.854. The summed E-state index contributed by atoms with van der Waals surface area (Å²) in [5.41, 5.74) is 3.57. The van der Waals surface area contributed by atoms with Crippen molar-refractivity contribution >= 4 is 6.09 Å². The van der Waals surface area contributed by atoms with Crippen LogP contribution in [0.5, 0.6) is 28.7 Å². The van der Waals surface area contributed by atoms with Crippen LogP contribution in [0.1, 0.15) is 54.4 Å². The van der Waals surface area contributed by atoms with Crippen LogP contribution < -0.4 is 23.7 Å². The fraction of sp³-hybridized carbons (Fsp3) is 0.419. The predicted molar refractivity (Wildman–Crippen MR) is 212 cm³/mol. The molecule has 4 aromatic rings. The molecule has 14 heteroatoms. The maximum Gasteiger partial charge on any atom is 0.415 e. The second-order valence-corrected chi connectivity index (χ2v) is 13.3. The van der Waals surface area contributed by atoms with Crippen LogP contribution in [0, 0.1) is 16.0 Å². The molecule has 1 aliphatic heterocycles. The predicted octanol–water partition coefficient (Wildman–Crippen LogP) is 7.62. The van der Waals surface area contributed by atoms with E-state index in [1.807, 2.05) is 36.4 Å². The van der Waals surface area contributed by atoms with E-state index in [0.29, 0.717) is 74.9 Å². The van der Waals surface area contributed by atoms with Gasteiger partial charge in [-0.05, 0) is 77.4 Å². The fourth-order valence-corrected chi connectivity index (χ4v) is 6.28. The van der Waals surface area contributed by atoms with Crippen LogP contribution >= 0.6 is 0 Å². The quantitative estimate of drug-likeness (QED) is 0.0532. The number of hydrogen-bond donors (Lipinski definition) is 1. The molecule has 57 heavy (non-hydrogen) atoms. The molecular formula is C43H54N2O12. The van der Waals surface area contributed by atoms with Crippen molar-refractivity contribution in [2.75, 3.05) is 60.8 Å². The summed E-state index contributed by atoms with van der Waals surface area (Å²) in [4.78, 5) is 29.3. The molecule has 1 fully saturated rings. The molecule has 0 bridgehead atoms. The second kappa shape index (κ2) is 24.1. The van der Waals surface area contributed by atoms with Gasteiger partial charge in [0, 0.05) is 51.3 Å². The van der Waals surface area contributed by atoms with Gasteiger partial charge in [-0.3, -0.25) is 0 Å². The van der Waals surface area contributed by atoms with E-state index in [1.54, 1.807) is 68.7 Å². The van der Waals surface area contributed by atoms with E-state index in [-0.39, 0.29) is 19.1 Å². The average Bonchev–Trinajstić information content (AvgIpc) is 3.23. The summed E-state index contributed by atoms with van der Waals surface area (Å²) >= 11 is 0. The van der Waals surface area contributed by atoms with Crippen molar-refractivity contribution in [2.24, 2.45) is 5.92 Å². The van der Waals surface area contributed by atoms with Crippen molar-refractivity contribution in [1.29, 1.82) is 0 Å². The third-order valence-electron chi connectivity index (χ3n) is 9.18. The van der Waals surface area contributed by atoms with Crippen molar-refractivity contribution in [3.05, 3.63) is 123 Å². The molecule has 0 aromatic heterocycles. The van der Waals surface area contributed by atoms with Gasteiger partial charge in [-0.1, -0.05) is 49.4 Å². The molecule has 1 saturated heterocycles. The largest absolute Gasteiger partial charge is 0.497 e. The maximum absolute atomic E-state index is 12.8. The SMILES string of the molecule is COCCCOc1cc(CO)cc(OC)c1.COc1ccccc1COCCCOc1ccc(C2CCN(C(=O)Oc3cccc(CO[N+](=O)[O-])c3)CC2C)cc1. The van der Waals surface area contributed by atoms with Crippen molar-refractivity contribution in [2.45, 2.75) is 51.9 Å².